The molecule has 0 bridgehead atoms. The lowest BCUT2D eigenvalue weighted by molar-refractivity contribution is 0.229. The lowest BCUT2D eigenvalue weighted by Gasteiger charge is -2.25. The van der Waals surface area contributed by atoms with Gasteiger partial charge in [0.15, 0.2) is 0 Å². The molecule has 0 aromatic carbocycles. The van der Waals surface area contributed by atoms with Gasteiger partial charge in [-0.25, -0.2) is 4.98 Å². The van der Waals surface area contributed by atoms with Crippen LogP contribution in [0.15, 0.2) is 12.4 Å². The Morgan fingerprint density at radius 1 is 1.21 bits per heavy atom. The van der Waals surface area contributed by atoms with Gasteiger partial charge in [0, 0.05) is 25.7 Å². The summed E-state index contributed by atoms with van der Waals surface area (Å²) in [7, 11) is 0. The van der Waals surface area contributed by atoms with Crippen molar-refractivity contribution in [2.24, 2.45) is 5.92 Å². The van der Waals surface area contributed by atoms with Crippen LogP contribution in [0.2, 0.25) is 5.15 Å². The first-order valence-corrected chi connectivity index (χ1v) is 7.59. The molecule has 2 fully saturated rings. The van der Waals surface area contributed by atoms with Gasteiger partial charge in [0.1, 0.15) is 5.15 Å². The van der Waals surface area contributed by atoms with Crippen molar-refractivity contribution in [3.63, 3.8) is 0 Å². The molecule has 2 heterocycles. The predicted octanol–water partition coefficient (Wildman–Crippen LogP) is 2.09. The second-order valence-corrected chi connectivity index (χ2v) is 6.15. The van der Waals surface area contributed by atoms with Crippen LogP contribution in [0.1, 0.15) is 31.4 Å². The predicted molar refractivity (Wildman–Crippen MR) is 76.1 cm³/mol. The molecule has 3 rings (SSSR count). The van der Waals surface area contributed by atoms with Gasteiger partial charge in [-0.1, -0.05) is 11.6 Å². The van der Waals surface area contributed by atoms with Crippen molar-refractivity contribution in [3.05, 3.63) is 23.2 Å². The van der Waals surface area contributed by atoms with E-state index in [0.29, 0.717) is 11.2 Å². The number of nitrogens with zero attached hydrogens (tertiary/aromatic N) is 3. The second-order valence-electron chi connectivity index (χ2n) is 5.76. The van der Waals surface area contributed by atoms with E-state index < -0.39 is 0 Å². The summed E-state index contributed by atoms with van der Waals surface area (Å²) in [6.07, 6.45) is 8.82. The Morgan fingerprint density at radius 2 is 2.11 bits per heavy atom. The van der Waals surface area contributed by atoms with Crippen molar-refractivity contribution >= 4 is 11.6 Å². The first kappa shape index (κ1) is 13.3. The number of hydrogen-bond donors (Lipinski definition) is 1. The van der Waals surface area contributed by atoms with Gasteiger partial charge in [0.25, 0.3) is 0 Å². The zero-order valence-corrected chi connectivity index (χ0v) is 11.9. The zero-order valence-electron chi connectivity index (χ0n) is 11.2. The minimum atomic E-state index is 0.468. The molecule has 104 valence electrons. The fourth-order valence-electron chi connectivity index (χ4n) is 2.74. The van der Waals surface area contributed by atoms with Gasteiger partial charge in [0.2, 0.25) is 0 Å². The Bertz CT molecular complexity index is 398. The van der Waals surface area contributed by atoms with Crippen LogP contribution in [0.25, 0.3) is 0 Å². The normalized spacial score (nSPS) is 23.2. The minimum absolute atomic E-state index is 0.468. The maximum Gasteiger partial charge on any atom is 0.147 e. The van der Waals surface area contributed by atoms with Crippen LogP contribution in [0.4, 0.5) is 0 Å². The molecule has 4 nitrogen and oxygen atoms in total. The lowest BCUT2D eigenvalue weighted by atomic mass is 10.2. The van der Waals surface area contributed by atoms with E-state index in [0.717, 1.165) is 24.7 Å². The summed E-state index contributed by atoms with van der Waals surface area (Å²) < 4.78 is 0. The molecule has 1 saturated carbocycles. The molecule has 2 aliphatic rings. The lowest BCUT2D eigenvalue weighted by Crippen LogP contribution is -2.38. The van der Waals surface area contributed by atoms with Gasteiger partial charge >= 0.3 is 0 Å². The summed E-state index contributed by atoms with van der Waals surface area (Å²) in [5, 5.41) is 4.04. The molecule has 1 aliphatic carbocycles. The van der Waals surface area contributed by atoms with Gasteiger partial charge in [-0.2, -0.15) is 0 Å². The monoisotopic (exact) mass is 280 g/mol. The van der Waals surface area contributed by atoms with E-state index >= 15 is 0 Å². The largest absolute Gasteiger partial charge is 0.313 e. The van der Waals surface area contributed by atoms with Gasteiger partial charge < -0.3 is 5.32 Å². The Labute approximate surface area is 119 Å². The third-order valence-corrected chi connectivity index (χ3v) is 4.11. The van der Waals surface area contributed by atoms with Gasteiger partial charge in [-0.15, -0.1) is 0 Å². The smallest absolute Gasteiger partial charge is 0.147 e. The molecule has 0 amide bonds. The summed E-state index contributed by atoms with van der Waals surface area (Å²) in [4.78, 5) is 11.0. The third-order valence-electron chi connectivity index (χ3n) is 3.91. The molecule has 0 radical (unpaired) electrons. The van der Waals surface area contributed by atoms with Crippen molar-refractivity contribution in [2.45, 2.75) is 38.3 Å². The second kappa shape index (κ2) is 6.16. The molecule has 0 spiro atoms. The van der Waals surface area contributed by atoms with E-state index in [4.69, 9.17) is 11.6 Å². The Morgan fingerprint density at radius 3 is 2.74 bits per heavy atom. The van der Waals surface area contributed by atoms with Crippen molar-refractivity contribution in [1.29, 1.82) is 0 Å². The Balaban J connectivity index is 1.58. The summed E-state index contributed by atoms with van der Waals surface area (Å²) >= 11 is 5.78. The van der Waals surface area contributed by atoms with E-state index in [1.54, 1.807) is 12.4 Å². The summed E-state index contributed by atoms with van der Waals surface area (Å²) in [5.74, 6) is 0.904. The molecule has 19 heavy (non-hydrogen) atoms. The fourth-order valence-corrected chi connectivity index (χ4v) is 2.84. The summed E-state index contributed by atoms with van der Waals surface area (Å²) in [6.45, 7) is 4.38. The standard InChI is InChI=1S/C14H21ClN4/c15-14-7-17-13(6-18-14)10-19(8-11-3-4-11)9-12-2-1-5-16-12/h6-7,11-12,16H,1-5,8-10H2. The van der Waals surface area contributed by atoms with Crippen LogP contribution >= 0.6 is 11.6 Å². The first-order chi connectivity index (χ1) is 9.29. The van der Waals surface area contributed by atoms with Crippen LogP contribution < -0.4 is 5.32 Å². The zero-order chi connectivity index (χ0) is 13.1. The number of hydrogen-bond acceptors (Lipinski definition) is 4. The Kier molecular flexibility index (Phi) is 4.31. The molecule has 1 N–H and O–H groups in total. The van der Waals surface area contributed by atoms with Crippen molar-refractivity contribution < 1.29 is 0 Å². The quantitative estimate of drug-likeness (QED) is 0.866. The number of aromatic nitrogens is 2. The maximum atomic E-state index is 5.78. The first-order valence-electron chi connectivity index (χ1n) is 7.22. The fraction of sp³-hybridized carbons (Fsp3) is 0.714. The van der Waals surface area contributed by atoms with E-state index in [1.807, 2.05) is 0 Å². The SMILES string of the molecule is Clc1cnc(CN(CC2CC2)CC2CCCN2)cn1. The third kappa shape index (κ3) is 4.13. The summed E-state index contributed by atoms with van der Waals surface area (Å²) in [6, 6.07) is 0.652. The average Bonchev–Trinajstić information content (AvgIpc) is 3.06. The Hall–Kier alpha value is -0.710. The minimum Gasteiger partial charge on any atom is -0.313 e. The summed E-state index contributed by atoms with van der Waals surface area (Å²) in [5.41, 5.74) is 1.02. The average molecular weight is 281 g/mol. The number of rotatable bonds is 6. The van der Waals surface area contributed by atoms with Crippen LogP contribution in [-0.2, 0) is 6.54 Å². The molecule has 1 unspecified atom stereocenters. The van der Waals surface area contributed by atoms with Crippen LogP contribution in [0.3, 0.4) is 0 Å². The molecule has 1 atom stereocenters. The highest BCUT2D eigenvalue weighted by Crippen LogP contribution is 2.30. The van der Waals surface area contributed by atoms with Crippen LogP contribution in [0.5, 0.6) is 0 Å². The van der Waals surface area contributed by atoms with Gasteiger partial charge in [-0.05, 0) is 38.1 Å². The molecular formula is C14H21ClN4. The number of nitrogens with one attached hydrogen (secondary N) is 1. The van der Waals surface area contributed by atoms with E-state index in [1.165, 1.54) is 38.8 Å². The van der Waals surface area contributed by atoms with Crippen molar-refractivity contribution in [1.82, 2.24) is 20.2 Å². The van der Waals surface area contributed by atoms with Crippen LogP contribution in [-0.4, -0.2) is 40.5 Å². The topological polar surface area (TPSA) is 41.1 Å². The molecule has 1 saturated heterocycles. The highest BCUT2D eigenvalue weighted by Gasteiger charge is 2.26. The maximum absolute atomic E-state index is 5.78. The van der Waals surface area contributed by atoms with Crippen molar-refractivity contribution in [2.75, 3.05) is 19.6 Å². The van der Waals surface area contributed by atoms with Gasteiger partial charge in [0.05, 0.1) is 18.1 Å². The number of halogens is 1. The highest BCUT2D eigenvalue weighted by molar-refractivity contribution is 6.29. The molecular weight excluding hydrogens is 260 g/mol. The van der Waals surface area contributed by atoms with Gasteiger partial charge in [-0.3, -0.25) is 9.88 Å². The highest BCUT2D eigenvalue weighted by atomic mass is 35.5. The van der Waals surface area contributed by atoms with E-state index in [9.17, 15) is 0 Å². The molecule has 1 aliphatic heterocycles. The molecule has 5 heteroatoms. The molecule has 1 aromatic heterocycles. The van der Waals surface area contributed by atoms with E-state index in [-0.39, 0.29) is 0 Å². The van der Waals surface area contributed by atoms with Crippen molar-refractivity contribution in [3.8, 4) is 0 Å². The molecule has 1 aromatic rings. The van der Waals surface area contributed by atoms with E-state index in [2.05, 4.69) is 20.2 Å². The van der Waals surface area contributed by atoms with Crippen LogP contribution in [0, 0.1) is 5.92 Å².